The minimum absolute atomic E-state index is 0.228. The maximum Gasteiger partial charge on any atom is 0.460 e. The molecule has 198 valence electrons. The smallest absolute Gasteiger partial charge is 0.207 e. The first kappa shape index (κ1) is 30.0. The molecule has 0 aromatic heterocycles. The highest BCUT2D eigenvalue weighted by Gasteiger charge is 2.81. The summed E-state index contributed by atoms with van der Waals surface area (Å²) in [5.74, 6) is -16.2. The van der Waals surface area contributed by atoms with Crippen molar-refractivity contribution in [3.05, 3.63) is 29.8 Å². The van der Waals surface area contributed by atoms with Gasteiger partial charge in [0.15, 0.2) is 0 Å². The van der Waals surface area contributed by atoms with Gasteiger partial charge in [-0.2, -0.15) is 43.8 Å². The summed E-state index contributed by atoms with van der Waals surface area (Å²) in [6, 6.07) is 5.41. The third-order valence-electron chi connectivity index (χ3n) is 5.79. The predicted molar refractivity (Wildman–Crippen MR) is 118 cm³/mol. The van der Waals surface area contributed by atoms with Crippen molar-refractivity contribution in [2.24, 2.45) is 11.3 Å². The number of rotatable bonds is 7. The monoisotopic (exact) mass is 649 g/mol. The van der Waals surface area contributed by atoms with Gasteiger partial charge in [-0.1, -0.05) is 46.2 Å². The standard InChI is InChI=1S/C21H21F9INO2S/c1-14-5-7-16(8-6-14)35(33,34)32-12-15(17(2,13-32)9-3-4-10-31)11-18(22,23)19(24,25)20(26,27)21(28,29)30/h5-8,15H,4,10-13H2,1-2H3. The zero-order valence-electron chi connectivity index (χ0n) is 18.4. The normalized spacial score (nSPS) is 22.7. The van der Waals surface area contributed by atoms with Gasteiger partial charge in [-0.25, -0.2) is 8.42 Å². The maximum absolute atomic E-state index is 14.5. The Hall–Kier alpha value is -1.21. The molecular formula is C21H21F9INO2S. The Morgan fingerprint density at radius 3 is 2.06 bits per heavy atom. The lowest BCUT2D eigenvalue weighted by atomic mass is 9.76. The lowest BCUT2D eigenvalue weighted by Crippen LogP contribution is -2.61. The van der Waals surface area contributed by atoms with Gasteiger partial charge in [0.1, 0.15) is 0 Å². The van der Waals surface area contributed by atoms with Crippen molar-refractivity contribution in [2.45, 2.75) is 55.5 Å². The molecule has 3 nitrogen and oxygen atoms in total. The van der Waals surface area contributed by atoms with E-state index < -0.39 is 64.8 Å². The molecule has 1 aromatic carbocycles. The van der Waals surface area contributed by atoms with Gasteiger partial charge in [0.05, 0.1) is 4.90 Å². The van der Waals surface area contributed by atoms with Crippen LogP contribution in [0.2, 0.25) is 0 Å². The summed E-state index contributed by atoms with van der Waals surface area (Å²) >= 11 is 1.94. The summed E-state index contributed by atoms with van der Waals surface area (Å²) in [5, 5.41) is 0. The summed E-state index contributed by atoms with van der Waals surface area (Å²) < 4.78 is 148. The predicted octanol–water partition coefficient (Wildman–Crippen LogP) is 6.31. The molecule has 35 heavy (non-hydrogen) atoms. The molecule has 0 spiro atoms. The van der Waals surface area contributed by atoms with Crippen molar-refractivity contribution in [2.75, 3.05) is 17.5 Å². The van der Waals surface area contributed by atoms with Crippen molar-refractivity contribution in [1.29, 1.82) is 0 Å². The summed E-state index contributed by atoms with van der Waals surface area (Å²) in [6.07, 6.45) is -8.84. The molecule has 1 aliphatic heterocycles. The van der Waals surface area contributed by atoms with Crippen LogP contribution in [0.15, 0.2) is 29.2 Å². The third-order valence-corrected chi connectivity index (χ3v) is 8.16. The average Bonchev–Trinajstić information content (AvgIpc) is 3.04. The number of hydrogen-bond acceptors (Lipinski definition) is 2. The Labute approximate surface area is 210 Å². The zero-order chi connectivity index (χ0) is 27.1. The first-order valence-corrected chi connectivity index (χ1v) is 13.0. The average molecular weight is 649 g/mol. The molecule has 1 aromatic rings. The molecule has 2 rings (SSSR count). The highest BCUT2D eigenvalue weighted by molar-refractivity contribution is 14.1. The van der Waals surface area contributed by atoms with Gasteiger partial charge in [-0.3, -0.25) is 0 Å². The van der Waals surface area contributed by atoms with Crippen molar-refractivity contribution >= 4 is 32.6 Å². The molecule has 1 aliphatic rings. The third kappa shape index (κ3) is 5.71. The lowest BCUT2D eigenvalue weighted by molar-refractivity contribution is -0.398. The largest absolute Gasteiger partial charge is 0.460 e. The maximum atomic E-state index is 14.5. The van der Waals surface area contributed by atoms with Crippen LogP contribution in [0.1, 0.15) is 25.3 Å². The van der Waals surface area contributed by atoms with Gasteiger partial charge < -0.3 is 0 Å². The Balaban J connectivity index is 2.48. The van der Waals surface area contributed by atoms with Gasteiger partial charge in [0, 0.05) is 35.8 Å². The number of benzene rings is 1. The fourth-order valence-electron chi connectivity index (χ4n) is 3.64. The number of sulfonamides is 1. The van der Waals surface area contributed by atoms with Crippen LogP contribution < -0.4 is 0 Å². The van der Waals surface area contributed by atoms with E-state index in [1.807, 2.05) is 22.6 Å². The highest BCUT2D eigenvalue weighted by Crippen LogP contribution is 2.56. The first-order chi connectivity index (χ1) is 15.7. The van der Waals surface area contributed by atoms with E-state index in [9.17, 15) is 47.9 Å². The molecular weight excluding hydrogens is 628 g/mol. The van der Waals surface area contributed by atoms with Gasteiger partial charge in [-0.15, -0.1) is 5.92 Å². The topological polar surface area (TPSA) is 37.4 Å². The molecule has 1 fully saturated rings. The van der Waals surface area contributed by atoms with E-state index >= 15 is 0 Å². The van der Waals surface area contributed by atoms with Crippen LogP contribution in [-0.4, -0.2) is 54.2 Å². The second kappa shape index (κ2) is 9.92. The summed E-state index contributed by atoms with van der Waals surface area (Å²) in [6.45, 7) is 1.51. The van der Waals surface area contributed by atoms with Crippen LogP contribution in [0.4, 0.5) is 39.5 Å². The Morgan fingerprint density at radius 2 is 1.57 bits per heavy atom. The van der Waals surface area contributed by atoms with Crippen molar-refractivity contribution in [3.63, 3.8) is 0 Å². The van der Waals surface area contributed by atoms with E-state index in [0.717, 1.165) is 0 Å². The van der Waals surface area contributed by atoms with Gasteiger partial charge in [-0.05, 0) is 31.9 Å². The molecule has 14 heteroatoms. The van der Waals surface area contributed by atoms with Crippen molar-refractivity contribution in [3.8, 4) is 11.8 Å². The van der Waals surface area contributed by atoms with E-state index in [-0.39, 0.29) is 11.3 Å². The molecule has 0 N–H and O–H groups in total. The van der Waals surface area contributed by atoms with E-state index in [0.29, 0.717) is 14.3 Å². The molecule has 2 atom stereocenters. The second-order valence-electron chi connectivity index (χ2n) is 8.52. The van der Waals surface area contributed by atoms with Gasteiger partial charge in [0.25, 0.3) is 0 Å². The van der Waals surface area contributed by atoms with Crippen molar-refractivity contribution in [1.82, 2.24) is 4.31 Å². The number of aryl methyl sites for hydroxylation is 1. The number of nitrogens with zero attached hydrogens (tertiary/aromatic N) is 1. The highest BCUT2D eigenvalue weighted by atomic mass is 127. The lowest BCUT2D eigenvalue weighted by Gasteiger charge is -2.36. The summed E-state index contributed by atoms with van der Waals surface area (Å²) in [4.78, 5) is -0.230. The Bertz CT molecular complexity index is 1080. The molecule has 0 bridgehead atoms. The molecule has 0 radical (unpaired) electrons. The molecule has 0 saturated carbocycles. The molecule has 1 heterocycles. The van der Waals surface area contributed by atoms with E-state index in [1.165, 1.54) is 31.2 Å². The fraction of sp³-hybridized carbons (Fsp3) is 0.619. The van der Waals surface area contributed by atoms with E-state index in [1.54, 1.807) is 6.92 Å². The van der Waals surface area contributed by atoms with Crippen LogP contribution in [0.5, 0.6) is 0 Å². The van der Waals surface area contributed by atoms with E-state index in [2.05, 4.69) is 11.8 Å². The van der Waals surface area contributed by atoms with Crippen LogP contribution in [-0.2, 0) is 10.0 Å². The minimum Gasteiger partial charge on any atom is -0.207 e. The Morgan fingerprint density at radius 1 is 1.03 bits per heavy atom. The first-order valence-electron chi connectivity index (χ1n) is 10.1. The molecule has 0 amide bonds. The SMILES string of the molecule is Cc1ccc(S(=O)(=O)N2CC(CC(F)(F)C(F)(F)C(F)(F)C(F)(F)F)C(C)(C#CCCI)C2)cc1. The van der Waals surface area contributed by atoms with Crippen LogP contribution in [0, 0.1) is 30.1 Å². The second-order valence-corrected chi connectivity index (χ2v) is 11.5. The molecule has 0 aliphatic carbocycles. The number of hydrogen-bond donors (Lipinski definition) is 0. The molecule has 2 unspecified atom stereocenters. The minimum atomic E-state index is -7.01. The number of halogens is 10. The molecule has 1 saturated heterocycles. The summed E-state index contributed by atoms with van der Waals surface area (Å²) in [5.41, 5.74) is -0.999. The van der Waals surface area contributed by atoms with Gasteiger partial charge >= 0.3 is 23.9 Å². The fourth-order valence-corrected chi connectivity index (χ4v) is 5.50. The van der Waals surface area contributed by atoms with E-state index in [4.69, 9.17) is 0 Å². The zero-order valence-corrected chi connectivity index (χ0v) is 21.3. The van der Waals surface area contributed by atoms with Gasteiger partial charge in [0.2, 0.25) is 10.0 Å². The summed E-state index contributed by atoms with van der Waals surface area (Å²) in [7, 11) is -4.33. The Kier molecular flexibility index (Phi) is 8.51. The quantitative estimate of drug-likeness (QED) is 0.150. The van der Waals surface area contributed by atoms with Crippen LogP contribution in [0.25, 0.3) is 0 Å². The van der Waals surface area contributed by atoms with Crippen LogP contribution >= 0.6 is 22.6 Å². The van der Waals surface area contributed by atoms with Crippen molar-refractivity contribution < 1.29 is 47.9 Å². The number of alkyl halides is 10. The van der Waals surface area contributed by atoms with Crippen LogP contribution in [0.3, 0.4) is 0 Å².